The molecule has 0 aromatic heterocycles. The number of hydrogen-bond donors (Lipinski definition) is 2. The van der Waals surface area contributed by atoms with E-state index in [1.807, 2.05) is 46.8 Å². The second-order valence-corrected chi connectivity index (χ2v) is 10.4. The SMILES string of the molecule is Cc1cc(C#N)cc(C)c1OC1=NC(Nc2ccc(C#N)cc2)NC2=C1CCN(C(=O)OC(C)(C)C)CC2. The van der Waals surface area contributed by atoms with Crippen molar-refractivity contribution in [2.45, 2.75) is 59.4 Å². The zero-order valence-electron chi connectivity index (χ0n) is 22.4. The van der Waals surface area contributed by atoms with Crippen molar-refractivity contribution in [2.24, 2.45) is 4.99 Å². The third kappa shape index (κ3) is 6.24. The molecule has 9 nitrogen and oxygen atoms in total. The second-order valence-electron chi connectivity index (χ2n) is 10.4. The van der Waals surface area contributed by atoms with E-state index in [1.54, 1.807) is 29.2 Å². The molecule has 2 aliphatic rings. The number of ether oxygens (including phenoxy) is 2. The highest BCUT2D eigenvalue weighted by molar-refractivity contribution is 5.97. The van der Waals surface area contributed by atoms with Crippen molar-refractivity contribution >= 4 is 17.7 Å². The van der Waals surface area contributed by atoms with Gasteiger partial charge in [0.1, 0.15) is 11.4 Å². The van der Waals surface area contributed by atoms with Gasteiger partial charge in [-0.05, 0) is 88.6 Å². The van der Waals surface area contributed by atoms with Gasteiger partial charge in [0.25, 0.3) is 0 Å². The quantitative estimate of drug-likeness (QED) is 0.586. The lowest BCUT2D eigenvalue weighted by atomic mass is 10.1. The number of nitrogens with zero attached hydrogens (tertiary/aromatic N) is 4. The fraction of sp³-hybridized carbons (Fsp3) is 0.379. The van der Waals surface area contributed by atoms with Gasteiger partial charge in [-0.25, -0.2) is 9.79 Å². The van der Waals surface area contributed by atoms with Crippen LogP contribution in [0.5, 0.6) is 5.75 Å². The summed E-state index contributed by atoms with van der Waals surface area (Å²) in [4.78, 5) is 19.4. The number of nitrogens with one attached hydrogen (secondary N) is 2. The van der Waals surface area contributed by atoms with Crippen LogP contribution in [0, 0.1) is 36.5 Å². The first-order valence-corrected chi connectivity index (χ1v) is 12.6. The van der Waals surface area contributed by atoms with Gasteiger partial charge in [-0.2, -0.15) is 10.5 Å². The van der Waals surface area contributed by atoms with Crippen LogP contribution >= 0.6 is 0 Å². The second kappa shape index (κ2) is 10.9. The zero-order valence-corrected chi connectivity index (χ0v) is 22.4. The first-order valence-electron chi connectivity index (χ1n) is 12.6. The number of nitriles is 2. The molecule has 2 aromatic carbocycles. The van der Waals surface area contributed by atoms with E-state index in [9.17, 15) is 10.1 Å². The maximum atomic E-state index is 12.8. The molecule has 4 rings (SSSR count). The third-order valence-electron chi connectivity index (χ3n) is 6.20. The Hall–Kier alpha value is -4.50. The predicted octanol–water partition coefficient (Wildman–Crippen LogP) is 5.11. The molecule has 1 atom stereocenters. The first-order chi connectivity index (χ1) is 18.1. The number of rotatable bonds is 3. The molecule has 0 radical (unpaired) electrons. The van der Waals surface area contributed by atoms with Gasteiger partial charge in [-0.15, -0.1) is 0 Å². The molecule has 1 amide bonds. The molecule has 0 saturated carbocycles. The number of aliphatic imine (C=N–C) groups is 1. The lowest BCUT2D eigenvalue weighted by molar-refractivity contribution is 0.0258. The summed E-state index contributed by atoms with van der Waals surface area (Å²) in [6.45, 7) is 10.3. The average Bonchev–Trinajstić information content (AvgIpc) is 3.08. The van der Waals surface area contributed by atoms with Crippen molar-refractivity contribution in [2.75, 3.05) is 18.4 Å². The van der Waals surface area contributed by atoms with Gasteiger partial charge in [0.15, 0.2) is 6.29 Å². The van der Waals surface area contributed by atoms with Crippen LogP contribution in [-0.2, 0) is 4.74 Å². The molecule has 0 fully saturated rings. The molecule has 2 aliphatic heterocycles. The Morgan fingerprint density at radius 2 is 1.68 bits per heavy atom. The van der Waals surface area contributed by atoms with Crippen molar-refractivity contribution in [3.05, 3.63) is 69.9 Å². The minimum absolute atomic E-state index is 0.345. The number of carbonyl (C=O) groups excluding carboxylic acids is 1. The molecular weight excluding hydrogens is 480 g/mol. The summed E-state index contributed by atoms with van der Waals surface area (Å²) in [6, 6.07) is 15.0. The molecular formula is C29H32N6O3. The molecule has 0 spiro atoms. The van der Waals surface area contributed by atoms with Crippen molar-refractivity contribution in [3.8, 4) is 17.9 Å². The molecule has 2 N–H and O–H groups in total. The van der Waals surface area contributed by atoms with Gasteiger partial charge >= 0.3 is 6.09 Å². The van der Waals surface area contributed by atoms with Crippen LogP contribution in [0.1, 0.15) is 55.9 Å². The van der Waals surface area contributed by atoms with Gasteiger partial charge < -0.3 is 25.0 Å². The van der Waals surface area contributed by atoms with E-state index in [4.69, 9.17) is 19.7 Å². The zero-order chi connectivity index (χ0) is 27.4. The van der Waals surface area contributed by atoms with E-state index >= 15 is 0 Å². The van der Waals surface area contributed by atoms with Crippen LogP contribution in [0.2, 0.25) is 0 Å². The molecule has 1 unspecified atom stereocenters. The van der Waals surface area contributed by atoms with Crippen LogP contribution < -0.4 is 15.4 Å². The van der Waals surface area contributed by atoms with Gasteiger partial charge in [0.2, 0.25) is 5.90 Å². The largest absolute Gasteiger partial charge is 0.444 e. The summed E-state index contributed by atoms with van der Waals surface area (Å²) in [5.74, 6) is 1.12. The maximum absolute atomic E-state index is 12.8. The summed E-state index contributed by atoms with van der Waals surface area (Å²) < 4.78 is 12.1. The molecule has 196 valence electrons. The molecule has 9 heteroatoms. The monoisotopic (exact) mass is 512 g/mol. The predicted molar refractivity (Wildman–Crippen MR) is 144 cm³/mol. The summed E-state index contributed by atoms with van der Waals surface area (Å²) in [7, 11) is 0. The normalized spacial score (nSPS) is 17.2. The standard InChI is InChI=1S/C29H32N6O3/c1-18-14-21(17-31)15-19(2)25(18)37-26-23-10-12-35(28(36)38-29(3,4)5)13-11-24(23)33-27(34-26)32-22-8-6-20(16-30)7-9-22/h6-9,14-15,27,32-33H,10-13H2,1-5H3. The molecule has 2 aromatic rings. The van der Waals surface area contributed by atoms with Gasteiger partial charge in [0.05, 0.1) is 23.3 Å². The highest BCUT2D eigenvalue weighted by Crippen LogP contribution is 2.30. The fourth-order valence-corrected chi connectivity index (χ4v) is 4.43. The Morgan fingerprint density at radius 1 is 1.05 bits per heavy atom. The van der Waals surface area contributed by atoms with Crippen molar-refractivity contribution < 1.29 is 14.3 Å². The molecule has 2 heterocycles. The Bertz CT molecular complexity index is 1350. The van der Waals surface area contributed by atoms with E-state index in [2.05, 4.69) is 22.8 Å². The lowest BCUT2D eigenvalue weighted by Gasteiger charge is -2.28. The van der Waals surface area contributed by atoms with E-state index in [0.29, 0.717) is 48.7 Å². The average molecular weight is 513 g/mol. The van der Waals surface area contributed by atoms with Crippen LogP contribution in [0.3, 0.4) is 0 Å². The van der Waals surface area contributed by atoms with E-state index in [0.717, 1.165) is 28.1 Å². The molecule has 0 saturated heterocycles. The van der Waals surface area contributed by atoms with Crippen LogP contribution in [0.4, 0.5) is 10.5 Å². The fourth-order valence-electron chi connectivity index (χ4n) is 4.43. The Morgan fingerprint density at radius 3 is 2.29 bits per heavy atom. The van der Waals surface area contributed by atoms with Gasteiger partial charge in [0, 0.05) is 36.5 Å². The molecule has 0 bridgehead atoms. The van der Waals surface area contributed by atoms with Crippen molar-refractivity contribution in [1.29, 1.82) is 10.5 Å². The summed E-state index contributed by atoms with van der Waals surface area (Å²) in [6.07, 6.45) is 0.248. The smallest absolute Gasteiger partial charge is 0.410 e. The summed E-state index contributed by atoms with van der Waals surface area (Å²) >= 11 is 0. The number of aryl methyl sites for hydroxylation is 2. The molecule has 38 heavy (non-hydrogen) atoms. The van der Waals surface area contributed by atoms with Gasteiger partial charge in [-0.3, -0.25) is 0 Å². The van der Waals surface area contributed by atoms with E-state index < -0.39 is 11.9 Å². The Balaban J connectivity index is 1.63. The topological polar surface area (TPSA) is 123 Å². The van der Waals surface area contributed by atoms with Gasteiger partial charge in [-0.1, -0.05) is 0 Å². The summed E-state index contributed by atoms with van der Waals surface area (Å²) in [5.41, 5.74) is 4.88. The lowest BCUT2D eigenvalue weighted by Crippen LogP contribution is -2.41. The number of hydrogen-bond acceptors (Lipinski definition) is 8. The Labute approximate surface area is 223 Å². The minimum Gasteiger partial charge on any atom is -0.444 e. The highest BCUT2D eigenvalue weighted by atomic mass is 16.6. The Kier molecular flexibility index (Phi) is 7.59. The number of amides is 1. The third-order valence-corrected chi connectivity index (χ3v) is 6.20. The van der Waals surface area contributed by atoms with E-state index in [1.165, 1.54) is 0 Å². The number of anilines is 1. The first kappa shape index (κ1) is 26.6. The van der Waals surface area contributed by atoms with E-state index in [-0.39, 0.29) is 6.09 Å². The minimum atomic E-state index is -0.578. The van der Waals surface area contributed by atoms with Crippen LogP contribution in [-0.4, -0.2) is 41.9 Å². The van der Waals surface area contributed by atoms with Crippen molar-refractivity contribution in [1.82, 2.24) is 10.2 Å². The van der Waals surface area contributed by atoms with Crippen molar-refractivity contribution in [3.63, 3.8) is 0 Å². The maximum Gasteiger partial charge on any atom is 0.410 e. The van der Waals surface area contributed by atoms with Crippen LogP contribution in [0.25, 0.3) is 0 Å². The number of benzene rings is 2. The molecule has 0 aliphatic carbocycles. The number of carbonyl (C=O) groups is 1. The summed E-state index contributed by atoms with van der Waals surface area (Å²) in [5, 5.41) is 25.2. The highest BCUT2D eigenvalue weighted by Gasteiger charge is 2.31. The van der Waals surface area contributed by atoms with Crippen LogP contribution in [0.15, 0.2) is 52.7 Å².